The molecule has 16 heavy (non-hydrogen) atoms. The van der Waals surface area contributed by atoms with Crippen LogP contribution in [0.1, 0.15) is 18.9 Å². The number of nitrogens with two attached hydrogens (primary N) is 1. The zero-order valence-corrected chi connectivity index (χ0v) is 10.5. The molecule has 1 aromatic rings. The van der Waals surface area contributed by atoms with Gasteiger partial charge in [0, 0.05) is 32.4 Å². The Morgan fingerprint density at radius 1 is 1.38 bits per heavy atom. The minimum atomic E-state index is 0.480. The predicted molar refractivity (Wildman–Crippen MR) is 70.7 cm³/mol. The molecule has 0 aliphatic heterocycles. The standard InChI is InChI=1S/C13H23N3/c1-11(7-8-14)15-10-12-5-4-6-13(9-12)16(2)3/h4-6,9,11,15H,7-8,10,14H2,1-3H3. The van der Waals surface area contributed by atoms with Gasteiger partial charge in [0.1, 0.15) is 0 Å². The zero-order chi connectivity index (χ0) is 12.0. The third kappa shape index (κ3) is 4.21. The van der Waals surface area contributed by atoms with Gasteiger partial charge in [-0.05, 0) is 37.6 Å². The fraction of sp³-hybridized carbons (Fsp3) is 0.538. The maximum Gasteiger partial charge on any atom is 0.0364 e. The van der Waals surface area contributed by atoms with Crippen molar-refractivity contribution in [2.45, 2.75) is 25.9 Å². The Labute approximate surface area is 98.6 Å². The van der Waals surface area contributed by atoms with Crippen molar-refractivity contribution in [1.82, 2.24) is 5.32 Å². The van der Waals surface area contributed by atoms with E-state index >= 15 is 0 Å². The van der Waals surface area contributed by atoms with Crippen LogP contribution in [0.3, 0.4) is 0 Å². The van der Waals surface area contributed by atoms with Gasteiger partial charge < -0.3 is 16.0 Å². The number of hydrogen-bond donors (Lipinski definition) is 2. The van der Waals surface area contributed by atoms with Crippen molar-refractivity contribution >= 4 is 5.69 Å². The number of hydrogen-bond acceptors (Lipinski definition) is 3. The van der Waals surface area contributed by atoms with E-state index in [-0.39, 0.29) is 0 Å². The number of nitrogens with one attached hydrogen (secondary N) is 1. The van der Waals surface area contributed by atoms with Crippen LogP contribution < -0.4 is 16.0 Å². The van der Waals surface area contributed by atoms with Gasteiger partial charge in [0.2, 0.25) is 0 Å². The van der Waals surface area contributed by atoms with E-state index in [1.165, 1.54) is 11.3 Å². The van der Waals surface area contributed by atoms with Gasteiger partial charge >= 0.3 is 0 Å². The molecule has 1 unspecified atom stereocenters. The number of rotatable bonds is 6. The van der Waals surface area contributed by atoms with Crippen LogP contribution in [0, 0.1) is 0 Å². The van der Waals surface area contributed by atoms with Gasteiger partial charge in [0.05, 0.1) is 0 Å². The molecule has 0 saturated carbocycles. The topological polar surface area (TPSA) is 41.3 Å². The minimum absolute atomic E-state index is 0.480. The fourth-order valence-electron chi connectivity index (χ4n) is 1.59. The molecule has 0 heterocycles. The van der Waals surface area contributed by atoms with Gasteiger partial charge in [0.15, 0.2) is 0 Å². The van der Waals surface area contributed by atoms with Crippen molar-refractivity contribution in [3.63, 3.8) is 0 Å². The Morgan fingerprint density at radius 2 is 2.12 bits per heavy atom. The Hall–Kier alpha value is -1.06. The van der Waals surface area contributed by atoms with Crippen LogP contribution in [0.15, 0.2) is 24.3 Å². The first-order chi connectivity index (χ1) is 7.63. The summed E-state index contributed by atoms with van der Waals surface area (Å²) >= 11 is 0. The lowest BCUT2D eigenvalue weighted by Gasteiger charge is -2.16. The van der Waals surface area contributed by atoms with E-state index in [2.05, 4.69) is 55.5 Å². The fourth-order valence-corrected chi connectivity index (χ4v) is 1.59. The predicted octanol–water partition coefficient (Wildman–Crippen LogP) is 1.58. The lowest BCUT2D eigenvalue weighted by molar-refractivity contribution is 0.520. The molecule has 1 aromatic carbocycles. The first kappa shape index (κ1) is 13.0. The third-order valence-electron chi connectivity index (χ3n) is 2.68. The van der Waals surface area contributed by atoms with Crippen molar-refractivity contribution in [2.75, 3.05) is 25.5 Å². The van der Waals surface area contributed by atoms with Crippen LogP contribution in [0.5, 0.6) is 0 Å². The molecule has 1 atom stereocenters. The second kappa shape index (κ2) is 6.51. The average Bonchev–Trinajstić information content (AvgIpc) is 2.27. The van der Waals surface area contributed by atoms with Gasteiger partial charge in [-0.15, -0.1) is 0 Å². The normalized spacial score (nSPS) is 12.5. The van der Waals surface area contributed by atoms with Crippen molar-refractivity contribution < 1.29 is 0 Å². The van der Waals surface area contributed by atoms with E-state index < -0.39 is 0 Å². The molecule has 90 valence electrons. The lowest BCUT2D eigenvalue weighted by Crippen LogP contribution is -2.27. The Kier molecular flexibility index (Phi) is 5.29. The Balaban J connectivity index is 2.50. The molecule has 1 rings (SSSR count). The molecule has 0 radical (unpaired) electrons. The monoisotopic (exact) mass is 221 g/mol. The maximum absolute atomic E-state index is 5.52. The van der Waals surface area contributed by atoms with Crippen molar-refractivity contribution in [3.8, 4) is 0 Å². The second-order valence-electron chi connectivity index (χ2n) is 4.42. The van der Waals surface area contributed by atoms with Crippen LogP contribution in [-0.2, 0) is 6.54 Å². The van der Waals surface area contributed by atoms with Crippen LogP contribution in [-0.4, -0.2) is 26.7 Å². The highest BCUT2D eigenvalue weighted by atomic mass is 15.1. The third-order valence-corrected chi connectivity index (χ3v) is 2.68. The molecule has 0 fully saturated rings. The molecule has 0 aromatic heterocycles. The summed E-state index contributed by atoms with van der Waals surface area (Å²) in [5.74, 6) is 0. The molecular weight excluding hydrogens is 198 g/mol. The summed E-state index contributed by atoms with van der Waals surface area (Å²) in [6.07, 6.45) is 1.02. The van der Waals surface area contributed by atoms with E-state index in [0.29, 0.717) is 6.04 Å². The molecule has 0 spiro atoms. The summed E-state index contributed by atoms with van der Waals surface area (Å²) in [6, 6.07) is 9.05. The number of benzene rings is 1. The molecule has 0 aliphatic carbocycles. The smallest absolute Gasteiger partial charge is 0.0364 e. The summed E-state index contributed by atoms with van der Waals surface area (Å²) in [4.78, 5) is 2.12. The summed E-state index contributed by atoms with van der Waals surface area (Å²) in [7, 11) is 4.12. The van der Waals surface area contributed by atoms with Gasteiger partial charge in [-0.25, -0.2) is 0 Å². The number of anilines is 1. The lowest BCUT2D eigenvalue weighted by atomic mass is 10.1. The van der Waals surface area contributed by atoms with Gasteiger partial charge in [-0.3, -0.25) is 0 Å². The zero-order valence-electron chi connectivity index (χ0n) is 10.5. The highest BCUT2D eigenvalue weighted by molar-refractivity contribution is 5.47. The highest BCUT2D eigenvalue weighted by Crippen LogP contribution is 2.13. The summed E-state index contributed by atoms with van der Waals surface area (Å²) < 4.78 is 0. The quantitative estimate of drug-likeness (QED) is 0.766. The summed E-state index contributed by atoms with van der Waals surface area (Å²) in [5.41, 5.74) is 8.07. The molecule has 0 bridgehead atoms. The van der Waals surface area contributed by atoms with E-state index in [9.17, 15) is 0 Å². The number of nitrogens with zero attached hydrogens (tertiary/aromatic N) is 1. The SMILES string of the molecule is CC(CCN)NCc1cccc(N(C)C)c1. The van der Waals surface area contributed by atoms with Crippen molar-refractivity contribution in [3.05, 3.63) is 29.8 Å². The molecule has 0 aliphatic rings. The molecule has 3 N–H and O–H groups in total. The molecular formula is C13H23N3. The Morgan fingerprint density at radius 3 is 2.75 bits per heavy atom. The maximum atomic E-state index is 5.52. The van der Waals surface area contributed by atoms with Crippen molar-refractivity contribution in [2.24, 2.45) is 5.73 Å². The Bertz CT molecular complexity index is 310. The van der Waals surface area contributed by atoms with Crippen LogP contribution in [0.2, 0.25) is 0 Å². The molecule has 0 amide bonds. The van der Waals surface area contributed by atoms with Gasteiger partial charge in [-0.1, -0.05) is 12.1 Å². The van der Waals surface area contributed by atoms with Crippen LogP contribution >= 0.6 is 0 Å². The van der Waals surface area contributed by atoms with Crippen LogP contribution in [0.25, 0.3) is 0 Å². The van der Waals surface area contributed by atoms with Gasteiger partial charge in [0.25, 0.3) is 0 Å². The molecule has 0 saturated heterocycles. The van der Waals surface area contributed by atoms with E-state index in [4.69, 9.17) is 5.73 Å². The van der Waals surface area contributed by atoms with Gasteiger partial charge in [-0.2, -0.15) is 0 Å². The first-order valence-corrected chi connectivity index (χ1v) is 5.83. The highest BCUT2D eigenvalue weighted by Gasteiger charge is 2.01. The summed E-state index contributed by atoms with van der Waals surface area (Å²) in [5, 5.41) is 3.47. The van der Waals surface area contributed by atoms with E-state index in [1.54, 1.807) is 0 Å². The molecule has 3 heteroatoms. The molecule has 3 nitrogen and oxygen atoms in total. The minimum Gasteiger partial charge on any atom is -0.378 e. The average molecular weight is 221 g/mol. The van der Waals surface area contributed by atoms with Crippen molar-refractivity contribution in [1.29, 1.82) is 0 Å². The largest absolute Gasteiger partial charge is 0.378 e. The van der Waals surface area contributed by atoms with E-state index in [0.717, 1.165) is 19.5 Å². The second-order valence-corrected chi connectivity index (χ2v) is 4.42. The summed E-state index contributed by atoms with van der Waals surface area (Å²) in [6.45, 7) is 3.82. The van der Waals surface area contributed by atoms with Crippen LogP contribution in [0.4, 0.5) is 5.69 Å². The van der Waals surface area contributed by atoms with E-state index in [1.807, 2.05) is 0 Å². The first-order valence-electron chi connectivity index (χ1n) is 5.83.